The van der Waals surface area contributed by atoms with Crippen LogP contribution in [0.25, 0.3) is 0 Å². The van der Waals surface area contributed by atoms with E-state index in [2.05, 4.69) is 40.7 Å². The van der Waals surface area contributed by atoms with E-state index >= 15 is 0 Å². The molecule has 0 aromatic heterocycles. The summed E-state index contributed by atoms with van der Waals surface area (Å²) in [5, 5.41) is 11.3. The van der Waals surface area contributed by atoms with Gasteiger partial charge in [-0.2, -0.15) is 8.42 Å². The molecule has 2 N–H and O–H groups in total. The van der Waals surface area contributed by atoms with E-state index in [-0.39, 0.29) is 22.5 Å². The number of aliphatic hydroxyl groups excluding tert-OH is 1. The van der Waals surface area contributed by atoms with Crippen molar-refractivity contribution in [2.75, 3.05) is 0 Å². The predicted octanol–water partition coefficient (Wildman–Crippen LogP) is 5.29. The Labute approximate surface area is 205 Å². The molecule has 3 saturated carbocycles. The molecule has 192 valence electrons. The number of fused-ring (bicyclic) bond motifs is 5. The van der Waals surface area contributed by atoms with Crippen LogP contribution in [-0.2, 0) is 19.4 Å². The number of aliphatic hydroxyl groups is 1. The number of ketones is 1. The Morgan fingerprint density at radius 1 is 1.21 bits per heavy atom. The summed E-state index contributed by atoms with van der Waals surface area (Å²) in [6.07, 6.45) is 9.37. The largest absolute Gasteiger partial charge is 0.397 e. The van der Waals surface area contributed by atoms with Crippen molar-refractivity contribution in [3.8, 4) is 0 Å². The van der Waals surface area contributed by atoms with Crippen LogP contribution < -0.4 is 0 Å². The molecule has 6 nitrogen and oxygen atoms in total. The Morgan fingerprint density at radius 2 is 1.91 bits per heavy atom. The van der Waals surface area contributed by atoms with Crippen molar-refractivity contribution >= 4 is 16.2 Å². The zero-order valence-electron chi connectivity index (χ0n) is 21.3. The van der Waals surface area contributed by atoms with Gasteiger partial charge in [0.2, 0.25) is 0 Å². The van der Waals surface area contributed by atoms with Crippen LogP contribution in [0.1, 0.15) is 86.0 Å². The number of carbonyl (C=O) groups excluding carboxylic acids is 1. The average molecular weight is 495 g/mol. The van der Waals surface area contributed by atoms with Gasteiger partial charge in [0.1, 0.15) is 0 Å². The maximum absolute atomic E-state index is 12.5. The Hall–Kier alpha value is -1.02. The number of hydrogen-bond donors (Lipinski definition) is 2. The van der Waals surface area contributed by atoms with Crippen LogP contribution in [0.15, 0.2) is 23.3 Å². The Morgan fingerprint density at radius 3 is 2.56 bits per heavy atom. The lowest BCUT2D eigenvalue weighted by atomic mass is 9.48. The molecular weight excluding hydrogens is 452 g/mol. The second-order valence-electron chi connectivity index (χ2n) is 12.4. The van der Waals surface area contributed by atoms with Gasteiger partial charge in [0, 0.05) is 6.42 Å². The summed E-state index contributed by atoms with van der Waals surface area (Å²) < 4.78 is 36.5. The second kappa shape index (κ2) is 9.13. The van der Waals surface area contributed by atoms with E-state index in [1.165, 1.54) is 11.1 Å². The molecule has 34 heavy (non-hydrogen) atoms. The molecule has 0 amide bonds. The Bertz CT molecular complexity index is 981. The van der Waals surface area contributed by atoms with Crippen LogP contribution in [0.2, 0.25) is 0 Å². The fraction of sp³-hybridized carbons (Fsp3) is 0.815. The third kappa shape index (κ3) is 4.70. The molecule has 0 aliphatic heterocycles. The number of hydrogen-bond acceptors (Lipinski definition) is 5. The van der Waals surface area contributed by atoms with Crippen LogP contribution in [0.4, 0.5) is 0 Å². The van der Waals surface area contributed by atoms with Gasteiger partial charge in [-0.1, -0.05) is 44.9 Å². The summed E-state index contributed by atoms with van der Waals surface area (Å²) in [6, 6.07) is 0. The highest BCUT2D eigenvalue weighted by Gasteiger charge is 2.59. The van der Waals surface area contributed by atoms with E-state index < -0.39 is 22.6 Å². The third-order valence-electron chi connectivity index (χ3n) is 9.80. The first kappa shape index (κ1) is 26.1. The van der Waals surface area contributed by atoms with Gasteiger partial charge in [0.15, 0.2) is 5.78 Å². The van der Waals surface area contributed by atoms with Crippen LogP contribution >= 0.6 is 0 Å². The van der Waals surface area contributed by atoms with Crippen molar-refractivity contribution in [2.24, 2.45) is 40.4 Å². The summed E-state index contributed by atoms with van der Waals surface area (Å²) in [5.41, 5.74) is 2.55. The molecule has 0 heterocycles. The van der Waals surface area contributed by atoms with Crippen LogP contribution in [0, 0.1) is 40.4 Å². The normalized spacial score (nSPS) is 42.6. The van der Waals surface area contributed by atoms with Crippen molar-refractivity contribution in [3.63, 3.8) is 0 Å². The molecule has 4 rings (SSSR count). The van der Waals surface area contributed by atoms with Crippen LogP contribution in [0.3, 0.4) is 0 Å². The molecular formula is C27H42O6S. The smallest absolute Gasteiger partial charge is 0.393 e. The molecule has 4 aliphatic rings. The van der Waals surface area contributed by atoms with Crippen LogP contribution in [0.5, 0.6) is 0 Å². The zero-order chi connectivity index (χ0) is 25.1. The van der Waals surface area contributed by atoms with E-state index in [1.807, 2.05) is 6.08 Å². The lowest BCUT2D eigenvalue weighted by Crippen LogP contribution is -2.54. The standard InChI is InChI=1S/C27H42O6S/c1-16(2)12-18(28)13-17(3)21-6-7-22-20-15-25(29)24-14-19(33-34(30,31)32)8-10-27(24,5)23(20)9-11-26(21,22)4/h9,13,16,19-22,24-25,29H,6-8,10-12,14-15H2,1-5H3,(H,30,31,32)/b17-13+/t19-,20-,21+,22-,24+,25-,26+,27+/m0/s1. The van der Waals surface area contributed by atoms with Crippen LogP contribution in [-0.4, -0.2) is 36.1 Å². The lowest BCUT2D eigenvalue weighted by Gasteiger charge is -2.58. The molecule has 0 bridgehead atoms. The lowest BCUT2D eigenvalue weighted by molar-refractivity contribution is -0.115. The Kier molecular flexibility index (Phi) is 7.00. The summed E-state index contributed by atoms with van der Waals surface area (Å²) in [5.74, 6) is 1.68. The highest BCUT2D eigenvalue weighted by atomic mass is 32.3. The van der Waals surface area contributed by atoms with Crippen molar-refractivity contribution in [1.82, 2.24) is 0 Å². The molecule has 0 aromatic carbocycles. The first-order valence-corrected chi connectivity index (χ1v) is 14.4. The van der Waals surface area contributed by atoms with E-state index in [1.54, 1.807) is 0 Å². The molecule has 0 aromatic rings. The monoisotopic (exact) mass is 494 g/mol. The van der Waals surface area contributed by atoms with Crippen molar-refractivity contribution in [1.29, 1.82) is 0 Å². The molecule has 3 fully saturated rings. The van der Waals surface area contributed by atoms with Gasteiger partial charge in [-0.25, -0.2) is 4.18 Å². The van der Waals surface area contributed by atoms with Gasteiger partial charge in [-0.05, 0) is 98.4 Å². The minimum atomic E-state index is -4.50. The first-order valence-electron chi connectivity index (χ1n) is 13.0. The fourth-order valence-corrected chi connectivity index (χ4v) is 8.88. The highest BCUT2D eigenvalue weighted by Crippen LogP contribution is 2.66. The molecule has 8 atom stereocenters. The molecule has 0 radical (unpaired) electrons. The Balaban J connectivity index is 1.58. The zero-order valence-corrected chi connectivity index (χ0v) is 22.1. The van der Waals surface area contributed by atoms with Gasteiger partial charge < -0.3 is 5.11 Å². The minimum Gasteiger partial charge on any atom is -0.393 e. The van der Waals surface area contributed by atoms with Gasteiger partial charge in [0.05, 0.1) is 12.2 Å². The summed E-state index contributed by atoms with van der Waals surface area (Å²) in [4.78, 5) is 12.5. The van der Waals surface area contributed by atoms with Crippen molar-refractivity contribution in [3.05, 3.63) is 23.3 Å². The summed E-state index contributed by atoms with van der Waals surface area (Å²) in [7, 11) is -4.50. The van der Waals surface area contributed by atoms with E-state index in [0.717, 1.165) is 25.7 Å². The fourth-order valence-electron chi connectivity index (χ4n) is 8.36. The SMILES string of the molecule is C/C(=C\C(=O)CC(C)C)[C@H]1CC[C@H]2[C@@H]3C[C@H](O)[C@H]4C[C@@H](OS(=O)(=O)O)CC[C@]4(C)C3=CC[C@]12C. The maximum Gasteiger partial charge on any atom is 0.397 e. The molecule has 7 heteroatoms. The van der Waals surface area contributed by atoms with E-state index in [9.17, 15) is 18.3 Å². The van der Waals surface area contributed by atoms with Gasteiger partial charge in [-0.3, -0.25) is 9.35 Å². The van der Waals surface area contributed by atoms with Gasteiger partial charge in [-0.15, -0.1) is 0 Å². The third-order valence-corrected chi connectivity index (χ3v) is 10.3. The molecule has 0 unspecified atom stereocenters. The maximum atomic E-state index is 12.5. The van der Waals surface area contributed by atoms with Gasteiger partial charge >= 0.3 is 10.4 Å². The molecule has 4 aliphatic carbocycles. The summed E-state index contributed by atoms with van der Waals surface area (Å²) in [6.45, 7) is 10.9. The van der Waals surface area contributed by atoms with E-state index in [0.29, 0.717) is 49.4 Å². The topological polar surface area (TPSA) is 101 Å². The van der Waals surface area contributed by atoms with E-state index in [4.69, 9.17) is 8.74 Å². The van der Waals surface area contributed by atoms with Gasteiger partial charge in [0.25, 0.3) is 0 Å². The van der Waals surface area contributed by atoms with Crippen molar-refractivity contribution in [2.45, 2.75) is 98.2 Å². The van der Waals surface area contributed by atoms with Crippen molar-refractivity contribution < 1.29 is 27.1 Å². The predicted molar refractivity (Wildman–Crippen MR) is 131 cm³/mol. The number of rotatable bonds is 6. The average Bonchev–Trinajstić information content (AvgIpc) is 3.05. The second-order valence-corrected chi connectivity index (χ2v) is 13.5. The quantitative estimate of drug-likeness (QED) is 0.296. The summed E-state index contributed by atoms with van der Waals surface area (Å²) >= 11 is 0. The number of allylic oxidation sites excluding steroid dienone is 4. The minimum absolute atomic E-state index is 0.0765. The first-order chi connectivity index (χ1) is 15.7. The number of carbonyl (C=O) groups is 1. The molecule has 0 spiro atoms. The highest BCUT2D eigenvalue weighted by molar-refractivity contribution is 7.80. The molecule has 0 saturated heterocycles.